The molecule has 10 heteroatoms. The molecule has 0 bridgehead atoms. The van der Waals surface area contributed by atoms with E-state index in [1.807, 2.05) is 0 Å². The lowest BCUT2D eigenvalue weighted by atomic mass is 10.1. The van der Waals surface area contributed by atoms with E-state index in [-0.39, 0.29) is 9.92 Å². The second kappa shape index (κ2) is 8.58. The number of carbonyl (C=O) groups excluding carboxylic acids is 1. The molecule has 2 rings (SSSR count). The van der Waals surface area contributed by atoms with Crippen molar-refractivity contribution in [2.45, 2.75) is 30.5 Å². The van der Waals surface area contributed by atoms with Gasteiger partial charge in [-0.1, -0.05) is 35.7 Å². The fourth-order valence-corrected chi connectivity index (χ4v) is 4.18. The van der Waals surface area contributed by atoms with Gasteiger partial charge in [-0.3, -0.25) is 9.10 Å². The molecule has 1 N–H and O–H groups in total. The zero-order valence-corrected chi connectivity index (χ0v) is 17.6. The van der Waals surface area contributed by atoms with Crippen molar-refractivity contribution in [3.05, 3.63) is 59.1 Å². The maximum Gasteiger partial charge on any atom is 0.416 e. The van der Waals surface area contributed by atoms with Gasteiger partial charge in [-0.15, -0.1) is 6.42 Å². The van der Waals surface area contributed by atoms with Crippen LogP contribution in [0.4, 0.5) is 18.9 Å². The summed E-state index contributed by atoms with van der Waals surface area (Å²) in [5.74, 6) is 1.51. The van der Waals surface area contributed by atoms with Crippen molar-refractivity contribution < 1.29 is 26.4 Å². The molecule has 0 aliphatic heterocycles. The highest BCUT2D eigenvalue weighted by Gasteiger charge is 2.35. The van der Waals surface area contributed by atoms with Crippen LogP contribution in [0, 0.1) is 12.3 Å². The van der Waals surface area contributed by atoms with Crippen molar-refractivity contribution in [1.82, 2.24) is 5.32 Å². The summed E-state index contributed by atoms with van der Waals surface area (Å²) >= 11 is 6.04. The van der Waals surface area contributed by atoms with Crippen LogP contribution in [0.2, 0.25) is 5.02 Å². The fraction of sp³-hybridized carbons (Fsp3) is 0.250. The van der Waals surface area contributed by atoms with E-state index in [0.29, 0.717) is 10.4 Å². The van der Waals surface area contributed by atoms with Gasteiger partial charge in [-0.2, -0.15) is 13.2 Å². The van der Waals surface area contributed by atoms with Crippen molar-refractivity contribution in [3.8, 4) is 12.3 Å². The Bertz CT molecular complexity index is 1080. The number of rotatable bonds is 6. The number of nitrogens with one attached hydrogen (secondary N) is 1. The van der Waals surface area contributed by atoms with Crippen LogP contribution < -0.4 is 9.62 Å². The first-order chi connectivity index (χ1) is 13.8. The standard InChI is InChI=1S/C20H18ClF3N2O3S/c1-4-19(2,3)25-18(27)13-26(30(28,29)15-8-6-5-7-9-15)17-12-14(20(22,23)24)10-11-16(17)21/h1,5-12H,13H2,2-3H3,(H,25,27). The summed E-state index contributed by atoms with van der Waals surface area (Å²) in [4.78, 5) is 12.3. The number of halogens is 4. The predicted molar refractivity (Wildman–Crippen MR) is 108 cm³/mol. The van der Waals surface area contributed by atoms with Gasteiger partial charge in [0.25, 0.3) is 10.0 Å². The number of sulfonamides is 1. The summed E-state index contributed by atoms with van der Waals surface area (Å²) in [7, 11) is -4.43. The van der Waals surface area contributed by atoms with Crippen molar-refractivity contribution in [2.75, 3.05) is 10.8 Å². The average Bonchev–Trinajstić information content (AvgIpc) is 2.66. The highest BCUT2D eigenvalue weighted by Crippen LogP contribution is 2.37. The third-order valence-corrected chi connectivity index (χ3v) is 6.07. The molecule has 5 nitrogen and oxygen atoms in total. The topological polar surface area (TPSA) is 66.5 Å². The minimum absolute atomic E-state index is 0.220. The minimum atomic E-state index is -4.74. The lowest BCUT2D eigenvalue weighted by molar-refractivity contribution is -0.137. The summed E-state index contributed by atoms with van der Waals surface area (Å²) in [5, 5.41) is 2.18. The molecule has 2 aromatic rings. The van der Waals surface area contributed by atoms with Gasteiger partial charge in [0.2, 0.25) is 5.91 Å². The zero-order valence-electron chi connectivity index (χ0n) is 16.0. The van der Waals surface area contributed by atoms with Crippen LogP contribution in [0.5, 0.6) is 0 Å². The van der Waals surface area contributed by atoms with Crippen LogP contribution in [-0.2, 0) is 21.0 Å². The molecule has 0 spiro atoms. The first-order valence-corrected chi connectivity index (χ1v) is 10.3. The molecule has 2 aromatic carbocycles. The number of terminal acetylenes is 1. The van der Waals surface area contributed by atoms with Gasteiger partial charge in [0.1, 0.15) is 6.54 Å². The largest absolute Gasteiger partial charge is 0.416 e. The number of amides is 1. The van der Waals surface area contributed by atoms with Crippen molar-refractivity contribution in [2.24, 2.45) is 0 Å². The van der Waals surface area contributed by atoms with Crippen LogP contribution in [0.25, 0.3) is 0 Å². The Kier molecular flexibility index (Phi) is 6.74. The summed E-state index contributed by atoms with van der Waals surface area (Å²) in [6.45, 7) is 2.19. The van der Waals surface area contributed by atoms with Gasteiger partial charge in [-0.25, -0.2) is 8.42 Å². The maximum absolute atomic E-state index is 13.2. The van der Waals surface area contributed by atoms with E-state index in [2.05, 4.69) is 11.2 Å². The second-order valence-electron chi connectivity index (χ2n) is 6.81. The van der Waals surface area contributed by atoms with Crippen LogP contribution >= 0.6 is 11.6 Å². The Morgan fingerprint density at radius 3 is 2.30 bits per heavy atom. The number of carbonyl (C=O) groups is 1. The monoisotopic (exact) mass is 458 g/mol. The summed E-state index contributed by atoms with van der Waals surface area (Å²) in [6.07, 6.45) is 0.582. The number of hydrogen-bond donors (Lipinski definition) is 1. The molecule has 0 saturated carbocycles. The normalized spacial score (nSPS) is 12.2. The molecular formula is C20H18ClF3N2O3S. The van der Waals surface area contributed by atoms with E-state index in [1.54, 1.807) is 6.07 Å². The number of nitrogens with zero attached hydrogens (tertiary/aromatic N) is 1. The highest BCUT2D eigenvalue weighted by atomic mass is 35.5. The van der Waals surface area contributed by atoms with Gasteiger partial charge < -0.3 is 5.32 Å². The molecule has 0 fully saturated rings. The third-order valence-electron chi connectivity index (χ3n) is 3.97. The van der Waals surface area contributed by atoms with Crippen molar-refractivity contribution >= 4 is 33.2 Å². The Hall–Kier alpha value is -2.70. The first-order valence-electron chi connectivity index (χ1n) is 8.51. The molecule has 0 aliphatic carbocycles. The van der Waals surface area contributed by atoms with E-state index in [0.717, 1.165) is 12.1 Å². The molecule has 0 aliphatic rings. The molecule has 0 saturated heterocycles. The molecule has 0 aromatic heterocycles. The Morgan fingerprint density at radius 2 is 1.77 bits per heavy atom. The van der Waals surface area contributed by atoms with Crippen molar-refractivity contribution in [1.29, 1.82) is 0 Å². The molecule has 0 radical (unpaired) electrons. The Balaban J connectivity index is 2.61. The summed E-state index contributed by atoms with van der Waals surface area (Å²) in [6, 6.07) is 9.21. The van der Waals surface area contributed by atoms with Gasteiger partial charge in [0.05, 0.1) is 26.7 Å². The highest BCUT2D eigenvalue weighted by molar-refractivity contribution is 7.92. The Labute approximate surface area is 177 Å². The maximum atomic E-state index is 13.2. The molecular weight excluding hydrogens is 441 g/mol. The van der Waals surface area contributed by atoms with Gasteiger partial charge in [-0.05, 0) is 44.2 Å². The number of anilines is 1. The van der Waals surface area contributed by atoms with E-state index >= 15 is 0 Å². The van der Waals surface area contributed by atoms with E-state index < -0.39 is 45.4 Å². The fourth-order valence-electron chi connectivity index (χ4n) is 2.45. The molecule has 160 valence electrons. The third kappa shape index (κ3) is 5.46. The molecule has 1 amide bonds. The van der Waals surface area contributed by atoms with Crippen LogP contribution in [0.1, 0.15) is 19.4 Å². The predicted octanol–water partition coefficient (Wildman–Crippen LogP) is 4.08. The SMILES string of the molecule is C#CC(C)(C)NC(=O)CN(c1cc(C(F)(F)F)ccc1Cl)S(=O)(=O)c1ccccc1. The van der Waals surface area contributed by atoms with Gasteiger partial charge in [0.15, 0.2) is 0 Å². The van der Waals surface area contributed by atoms with Gasteiger partial charge in [0, 0.05) is 0 Å². The second-order valence-corrected chi connectivity index (χ2v) is 9.08. The smallest absolute Gasteiger partial charge is 0.339 e. The quantitative estimate of drug-likeness (QED) is 0.663. The van der Waals surface area contributed by atoms with E-state index in [1.165, 1.54) is 38.1 Å². The number of alkyl halides is 3. The van der Waals surface area contributed by atoms with Crippen LogP contribution in [-0.4, -0.2) is 26.4 Å². The lowest BCUT2D eigenvalue weighted by Crippen LogP contribution is -2.48. The number of hydrogen-bond acceptors (Lipinski definition) is 3. The molecule has 0 heterocycles. The zero-order chi connectivity index (χ0) is 22.7. The number of benzene rings is 2. The van der Waals surface area contributed by atoms with Crippen LogP contribution in [0.3, 0.4) is 0 Å². The van der Waals surface area contributed by atoms with E-state index in [9.17, 15) is 26.4 Å². The van der Waals surface area contributed by atoms with Crippen LogP contribution in [0.15, 0.2) is 53.4 Å². The van der Waals surface area contributed by atoms with Crippen molar-refractivity contribution in [3.63, 3.8) is 0 Å². The van der Waals surface area contributed by atoms with E-state index in [4.69, 9.17) is 18.0 Å². The Morgan fingerprint density at radius 1 is 1.17 bits per heavy atom. The summed E-state index contributed by atoms with van der Waals surface area (Å²) in [5.41, 5.74) is -2.69. The van der Waals surface area contributed by atoms with Gasteiger partial charge >= 0.3 is 6.18 Å². The summed E-state index contributed by atoms with van der Waals surface area (Å²) < 4.78 is 66.5. The molecule has 30 heavy (non-hydrogen) atoms. The minimum Gasteiger partial charge on any atom is -0.339 e. The lowest BCUT2D eigenvalue weighted by Gasteiger charge is -2.27. The first kappa shape index (κ1) is 23.6. The molecule has 0 unspecified atom stereocenters. The average molecular weight is 459 g/mol. The molecule has 0 atom stereocenters.